The number of benzene rings is 1. The van der Waals surface area contributed by atoms with Gasteiger partial charge in [0.05, 0.1) is 31.6 Å². The second-order valence-corrected chi connectivity index (χ2v) is 8.02. The molecule has 0 N–H and O–H groups in total. The van der Waals surface area contributed by atoms with Gasteiger partial charge in [-0.05, 0) is 5.56 Å². The fourth-order valence-electron chi connectivity index (χ4n) is 3.96. The van der Waals surface area contributed by atoms with E-state index in [1.54, 1.807) is 0 Å². The first-order chi connectivity index (χ1) is 11.4. The Hall–Kier alpha value is -1.72. The van der Waals surface area contributed by atoms with Crippen LogP contribution in [-0.4, -0.2) is 35.7 Å². The van der Waals surface area contributed by atoms with E-state index in [1.807, 2.05) is 30.3 Å². The standard InChI is InChI=1S/C19H23NO4/c1-18(2)11-23-19(24-12-18)8-14-15(9-19)17(22)20(16(14)21)10-13-6-4-3-5-7-13/h3-7,14-15H,8-12H2,1-2H3. The summed E-state index contributed by atoms with van der Waals surface area (Å²) >= 11 is 0. The molecule has 1 spiro atoms. The molecule has 5 nitrogen and oxygen atoms in total. The van der Waals surface area contributed by atoms with E-state index in [4.69, 9.17) is 9.47 Å². The minimum absolute atomic E-state index is 0.0175. The highest BCUT2D eigenvalue weighted by molar-refractivity contribution is 6.05. The maximum absolute atomic E-state index is 12.7. The van der Waals surface area contributed by atoms with Crippen molar-refractivity contribution in [3.8, 4) is 0 Å². The van der Waals surface area contributed by atoms with E-state index in [2.05, 4.69) is 13.8 Å². The average Bonchev–Trinajstić information content (AvgIpc) is 3.04. The minimum Gasteiger partial charge on any atom is -0.349 e. The van der Waals surface area contributed by atoms with Gasteiger partial charge in [0.15, 0.2) is 5.79 Å². The number of ether oxygens (including phenoxy) is 2. The number of imide groups is 1. The van der Waals surface area contributed by atoms with Gasteiger partial charge in [0.2, 0.25) is 11.8 Å². The normalized spacial score (nSPS) is 30.8. The molecule has 2 atom stereocenters. The van der Waals surface area contributed by atoms with E-state index < -0.39 is 5.79 Å². The van der Waals surface area contributed by atoms with Crippen LogP contribution in [0.4, 0.5) is 0 Å². The largest absolute Gasteiger partial charge is 0.349 e. The summed E-state index contributed by atoms with van der Waals surface area (Å²) in [4.78, 5) is 26.9. The van der Waals surface area contributed by atoms with Gasteiger partial charge in [0.25, 0.3) is 0 Å². The van der Waals surface area contributed by atoms with Gasteiger partial charge in [0, 0.05) is 18.3 Å². The monoisotopic (exact) mass is 329 g/mol. The van der Waals surface area contributed by atoms with Crippen LogP contribution in [0.15, 0.2) is 30.3 Å². The molecule has 1 saturated carbocycles. The Bertz CT molecular complexity index is 633. The molecule has 0 radical (unpaired) electrons. The number of hydrogen-bond acceptors (Lipinski definition) is 4. The minimum atomic E-state index is -0.741. The first kappa shape index (κ1) is 15.8. The molecule has 2 heterocycles. The SMILES string of the molecule is CC1(C)COC2(CC3C(=O)N(Cc4ccccc4)C(=O)C3C2)OC1. The van der Waals surface area contributed by atoms with Gasteiger partial charge in [-0.1, -0.05) is 44.2 Å². The lowest BCUT2D eigenvalue weighted by Gasteiger charge is -2.42. The van der Waals surface area contributed by atoms with E-state index in [1.165, 1.54) is 4.90 Å². The highest BCUT2D eigenvalue weighted by Crippen LogP contribution is 2.50. The van der Waals surface area contributed by atoms with Crippen molar-refractivity contribution >= 4 is 11.8 Å². The molecular formula is C19H23NO4. The second kappa shape index (κ2) is 5.39. The van der Waals surface area contributed by atoms with Crippen LogP contribution in [0.5, 0.6) is 0 Å². The van der Waals surface area contributed by atoms with Crippen LogP contribution in [0.3, 0.4) is 0 Å². The molecule has 1 aliphatic carbocycles. The predicted molar refractivity (Wildman–Crippen MR) is 86.6 cm³/mol. The zero-order valence-corrected chi connectivity index (χ0v) is 14.2. The summed E-state index contributed by atoms with van der Waals surface area (Å²) in [6.45, 7) is 5.74. The molecule has 5 heteroatoms. The first-order valence-corrected chi connectivity index (χ1v) is 8.56. The quantitative estimate of drug-likeness (QED) is 0.782. The fraction of sp³-hybridized carbons (Fsp3) is 0.579. The average molecular weight is 329 g/mol. The number of rotatable bonds is 2. The summed E-state index contributed by atoms with van der Waals surface area (Å²) in [5.74, 6) is -1.51. The van der Waals surface area contributed by atoms with Crippen LogP contribution in [0.1, 0.15) is 32.3 Å². The maximum atomic E-state index is 12.7. The summed E-state index contributed by atoms with van der Waals surface area (Å²) in [5, 5.41) is 0. The van der Waals surface area contributed by atoms with Gasteiger partial charge in [-0.3, -0.25) is 14.5 Å². The predicted octanol–water partition coefficient (Wildman–Crippen LogP) is 2.35. The lowest BCUT2D eigenvalue weighted by atomic mass is 9.94. The molecule has 2 unspecified atom stereocenters. The number of amides is 2. The van der Waals surface area contributed by atoms with Gasteiger partial charge >= 0.3 is 0 Å². The van der Waals surface area contributed by atoms with E-state index >= 15 is 0 Å². The van der Waals surface area contributed by atoms with E-state index in [0.717, 1.165) is 5.56 Å². The number of carbonyl (C=O) groups is 2. The number of nitrogens with zero attached hydrogens (tertiary/aromatic N) is 1. The molecule has 2 amide bonds. The van der Waals surface area contributed by atoms with Crippen LogP contribution in [0, 0.1) is 17.3 Å². The molecule has 24 heavy (non-hydrogen) atoms. The summed E-state index contributed by atoms with van der Waals surface area (Å²) in [6, 6.07) is 9.63. The van der Waals surface area contributed by atoms with Crippen LogP contribution in [0.2, 0.25) is 0 Å². The highest BCUT2D eigenvalue weighted by Gasteiger charge is 2.60. The Morgan fingerprint density at radius 3 is 2.08 bits per heavy atom. The van der Waals surface area contributed by atoms with Crippen LogP contribution in [-0.2, 0) is 25.6 Å². The second-order valence-electron chi connectivity index (χ2n) is 8.02. The highest BCUT2D eigenvalue weighted by atomic mass is 16.7. The number of hydrogen-bond donors (Lipinski definition) is 0. The zero-order chi connectivity index (χ0) is 16.9. The molecule has 128 valence electrons. The first-order valence-electron chi connectivity index (χ1n) is 8.56. The molecule has 2 saturated heterocycles. The third-order valence-electron chi connectivity index (χ3n) is 5.35. The lowest BCUT2D eigenvalue weighted by molar-refractivity contribution is -0.297. The molecule has 1 aromatic rings. The zero-order valence-electron chi connectivity index (χ0n) is 14.2. The summed E-state index contributed by atoms with van der Waals surface area (Å²) < 4.78 is 12.0. The van der Waals surface area contributed by atoms with E-state index in [0.29, 0.717) is 32.6 Å². The third kappa shape index (κ3) is 2.56. The summed E-state index contributed by atoms with van der Waals surface area (Å²) in [5.41, 5.74) is 0.955. The van der Waals surface area contributed by atoms with Crippen molar-refractivity contribution in [3.63, 3.8) is 0 Å². The molecule has 2 aliphatic heterocycles. The van der Waals surface area contributed by atoms with Crippen LogP contribution in [0.25, 0.3) is 0 Å². The van der Waals surface area contributed by atoms with Crippen LogP contribution < -0.4 is 0 Å². The van der Waals surface area contributed by atoms with Gasteiger partial charge in [-0.15, -0.1) is 0 Å². The van der Waals surface area contributed by atoms with Crippen molar-refractivity contribution in [1.29, 1.82) is 0 Å². The Labute approximate surface area is 141 Å². The maximum Gasteiger partial charge on any atom is 0.233 e. The van der Waals surface area contributed by atoms with Crippen molar-refractivity contribution < 1.29 is 19.1 Å². The summed E-state index contributed by atoms with van der Waals surface area (Å²) in [7, 11) is 0. The summed E-state index contributed by atoms with van der Waals surface area (Å²) in [6.07, 6.45) is 0.979. The molecule has 3 aliphatic rings. The number of fused-ring (bicyclic) bond motifs is 1. The van der Waals surface area contributed by atoms with Gasteiger partial charge in [-0.2, -0.15) is 0 Å². The topological polar surface area (TPSA) is 55.8 Å². The molecule has 3 fully saturated rings. The molecule has 0 aromatic heterocycles. The van der Waals surface area contributed by atoms with Crippen molar-refractivity contribution in [3.05, 3.63) is 35.9 Å². The molecule has 4 rings (SSSR count). The number of likely N-dealkylation sites (tertiary alicyclic amines) is 1. The van der Waals surface area contributed by atoms with Crippen molar-refractivity contribution in [1.82, 2.24) is 4.90 Å². The third-order valence-corrected chi connectivity index (χ3v) is 5.35. The van der Waals surface area contributed by atoms with E-state index in [9.17, 15) is 9.59 Å². The Morgan fingerprint density at radius 2 is 1.54 bits per heavy atom. The molecule has 0 bridgehead atoms. The van der Waals surface area contributed by atoms with Gasteiger partial charge in [-0.25, -0.2) is 0 Å². The van der Waals surface area contributed by atoms with Gasteiger partial charge < -0.3 is 9.47 Å². The fourth-order valence-corrected chi connectivity index (χ4v) is 3.96. The smallest absolute Gasteiger partial charge is 0.233 e. The van der Waals surface area contributed by atoms with Crippen LogP contribution >= 0.6 is 0 Å². The Morgan fingerprint density at radius 1 is 1.00 bits per heavy atom. The van der Waals surface area contributed by atoms with Gasteiger partial charge in [0.1, 0.15) is 0 Å². The lowest BCUT2D eigenvalue weighted by Crippen LogP contribution is -2.47. The number of carbonyl (C=O) groups excluding carboxylic acids is 2. The molecule has 1 aromatic carbocycles. The molecular weight excluding hydrogens is 306 g/mol. The van der Waals surface area contributed by atoms with Crippen molar-refractivity contribution in [2.24, 2.45) is 17.3 Å². The van der Waals surface area contributed by atoms with Crippen molar-refractivity contribution in [2.75, 3.05) is 13.2 Å². The van der Waals surface area contributed by atoms with E-state index in [-0.39, 0.29) is 29.1 Å². The Kier molecular flexibility index (Phi) is 3.55. The Balaban J connectivity index is 1.48. The van der Waals surface area contributed by atoms with Crippen molar-refractivity contribution in [2.45, 2.75) is 39.0 Å².